The smallest absolute Gasteiger partial charge is 0.162 e. The molecule has 0 spiro atoms. The molecule has 0 amide bonds. The molecule has 0 fully saturated rings. The molecule has 0 unspecified atom stereocenters. The molecule has 0 heterocycles. The summed E-state index contributed by atoms with van der Waals surface area (Å²) in [4.78, 5) is 0. The predicted octanol–water partition coefficient (Wildman–Crippen LogP) is 2.40. The van der Waals surface area contributed by atoms with Gasteiger partial charge in [-0.15, -0.1) is 0 Å². The van der Waals surface area contributed by atoms with E-state index in [1.165, 1.54) is 0 Å². The van der Waals surface area contributed by atoms with Crippen LogP contribution in [0.15, 0.2) is 12.1 Å². The van der Waals surface area contributed by atoms with Crippen LogP contribution in [0.5, 0.6) is 11.5 Å². The summed E-state index contributed by atoms with van der Waals surface area (Å²) in [5, 5.41) is 12.2. The fourth-order valence-electron chi connectivity index (χ4n) is 1.40. The van der Waals surface area contributed by atoms with Crippen molar-refractivity contribution in [3.63, 3.8) is 0 Å². The second-order valence-corrected chi connectivity index (χ2v) is 3.66. The van der Waals surface area contributed by atoms with Crippen molar-refractivity contribution in [3.05, 3.63) is 17.7 Å². The zero-order valence-corrected chi connectivity index (χ0v) is 10.00. The third-order valence-corrected chi connectivity index (χ3v) is 2.09. The Hall–Kier alpha value is -1.89. The van der Waals surface area contributed by atoms with Crippen molar-refractivity contribution in [3.8, 4) is 17.6 Å². The van der Waals surface area contributed by atoms with Crippen molar-refractivity contribution in [1.29, 1.82) is 5.26 Å². The average molecular weight is 220 g/mol. The number of anilines is 1. The van der Waals surface area contributed by atoms with Crippen molar-refractivity contribution in [1.82, 2.24) is 0 Å². The van der Waals surface area contributed by atoms with Gasteiger partial charge >= 0.3 is 0 Å². The average Bonchev–Trinajstić information content (AvgIpc) is 2.27. The van der Waals surface area contributed by atoms with Gasteiger partial charge in [0.05, 0.1) is 25.5 Å². The van der Waals surface area contributed by atoms with Gasteiger partial charge in [0.2, 0.25) is 0 Å². The first-order valence-corrected chi connectivity index (χ1v) is 5.05. The third kappa shape index (κ3) is 2.57. The van der Waals surface area contributed by atoms with E-state index in [1.54, 1.807) is 26.4 Å². The van der Waals surface area contributed by atoms with Crippen LogP contribution in [0.1, 0.15) is 19.4 Å². The van der Waals surface area contributed by atoms with E-state index in [2.05, 4.69) is 11.4 Å². The fraction of sp³-hybridized carbons (Fsp3) is 0.417. The van der Waals surface area contributed by atoms with Crippen molar-refractivity contribution in [2.45, 2.75) is 19.9 Å². The zero-order valence-electron chi connectivity index (χ0n) is 10.00. The van der Waals surface area contributed by atoms with Gasteiger partial charge in [0, 0.05) is 18.2 Å². The molecule has 0 atom stereocenters. The number of ether oxygens (including phenoxy) is 2. The van der Waals surface area contributed by atoms with E-state index in [9.17, 15) is 0 Å². The predicted molar refractivity (Wildman–Crippen MR) is 63.0 cm³/mol. The SMILES string of the molecule is COc1cc(C#N)c(NC(C)C)cc1OC. The molecule has 0 saturated heterocycles. The molecular formula is C12H16N2O2. The Labute approximate surface area is 95.8 Å². The summed E-state index contributed by atoms with van der Waals surface area (Å²) in [6, 6.07) is 5.83. The number of rotatable bonds is 4. The standard InChI is InChI=1S/C12H16N2O2/c1-8(2)14-10-6-12(16-4)11(15-3)5-9(10)7-13/h5-6,8,14H,1-4H3. The molecule has 1 aromatic rings. The number of nitrogens with zero attached hydrogens (tertiary/aromatic N) is 1. The summed E-state index contributed by atoms with van der Waals surface area (Å²) < 4.78 is 10.3. The summed E-state index contributed by atoms with van der Waals surface area (Å²) in [5.74, 6) is 1.18. The number of benzene rings is 1. The molecule has 0 aliphatic rings. The van der Waals surface area contributed by atoms with E-state index in [1.807, 2.05) is 13.8 Å². The normalized spacial score (nSPS) is 9.75. The van der Waals surface area contributed by atoms with Crippen LogP contribution in [0.2, 0.25) is 0 Å². The Balaban J connectivity index is 3.22. The van der Waals surface area contributed by atoms with Crippen LogP contribution in [0.3, 0.4) is 0 Å². The maximum Gasteiger partial charge on any atom is 0.162 e. The minimum absolute atomic E-state index is 0.255. The van der Waals surface area contributed by atoms with Gasteiger partial charge in [-0.2, -0.15) is 5.26 Å². The first kappa shape index (κ1) is 12.2. The Morgan fingerprint density at radius 3 is 2.19 bits per heavy atom. The van der Waals surface area contributed by atoms with Crippen LogP contribution in [0, 0.1) is 11.3 Å². The molecule has 0 aromatic heterocycles. The third-order valence-electron chi connectivity index (χ3n) is 2.09. The molecule has 0 aliphatic heterocycles. The van der Waals surface area contributed by atoms with E-state index in [4.69, 9.17) is 14.7 Å². The first-order valence-electron chi connectivity index (χ1n) is 5.05. The Morgan fingerprint density at radius 2 is 1.75 bits per heavy atom. The first-order chi connectivity index (χ1) is 7.62. The molecule has 0 bridgehead atoms. The molecule has 0 radical (unpaired) electrons. The maximum absolute atomic E-state index is 9.03. The van der Waals surface area contributed by atoms with Crippen LogP contribution in [-0.2, 0) is 0 Å². The summed E-state index contributed by atoms with van der Waals surface area (Å²) in [6.07, 6.45) is 0. The quantitative estimate of drug-likeness (QED) is 0.846. The van der Waals surface area contributed by atoms with Gasteiger partial charge in [-0.25, -0.2) is 0 Å². The molecule has 16 heavy (non-hydrogen) atoms. The largest absolute Gasteiger partial charge is 0.493 e. The van der Waals surface area contributed by atoms with Crippen LogP contribution in [-0.4, -0.2) is 20.3 Å². The number of nitrogens with one attached hydrogen (secondary N) is 1. The molecule has 1 N–H and O–H groups in total. The highest BCUT2D eigenvalue weighted by Crippen LogP contribution is 2.33. The Kier molecular flexibility index (Phi) is 4.01. The molecule has 4 heteroatoms. The van der Waals surface area contributed by atoms with E-state index < -0.39 is 0 Å². The molecule has 0 aliphatic carbocycles. The molecule has 86 valence electrons. The second-order valence-electron chi connectivity index (χ2n) is 3.66. The lowest BCUT2D eigenvalue weighted by Gasteiger charge is -2.15. The van der Waals surface area contributed by atoms with Crippen LogP contribution < -0.4 is 14.8 Å². The number of hydrogen-bond acceptors (Lipinski definition) is 4. The van der Waals surface area contributed by atoms with Crippen molar-refractivity contribution in [2.75, 3.05) is 19.5 Å². The summed E-state index contributed by atoms with van der Waals surface area (Å²) in [6.45, 7) is 4.02. The topological polar surface area (TPSA) is 54.3 Å². The van der Waals surface area contributed by atoms with Gasteiger partial charge < -0.3 is 14.8 Å². The highest BCUT2D eigenvalue weighted by atomic mass is 16.5. The van der Waals surface area contributed by atoms with Crippen LogP contribution >= 0.6 is 0 Å². The van der Waals surface area contributed by atoms with Crippen LogP contribution in [0.4, 0.5) is 5.69 Å². The minimum Gasteiger partial charge on any atom is -0.493 e. The summed E-state index contributed by atoms with van der Waals surface area (Å²) in [7, 11) is 3.12. The lowest BCUT2D eigenvalue weighted by Crippen LogP contribution is -2.11. The van der Waals surface area contributed by atoms with E-state index in [0.29, 0.717) is 17.1 Å². The minimum atomic E-state index is 0.255. The molecule has 1 rings (SSSR count). The van der Waals surface area contributed by atoms with Gasteiger partial charge in [-0.05, 0) is 13.8 Å². The lowest BCUT2D eigenvalue weighted by atomic mass is 10.1. The highest BCUT2D eigenvalue weighted by Gasteiger charge is 2.11. The Morgan fingerprint density at radius 1 is 1.19 bits per heavy atom. The number of hydrogen-bond donors (Lipinski definition) is 1. The van der Waals surface area contributed by atoms with Crippen LogP contribution in [0.25, 0.3) is 0 Å². The van der Waals surface area contributed by atoms with Gasteiger partial charge in [-0.1, -0.05) is 0 Å². The van der Waals surface area contributed by atoms with Crippen molar-refractivity contribution >= 4 is 5.69 Å². The van der Waals surface area contributed by atoms with Gasteiger partial charge in [0.15, 0.2) is 11.5 Å². The Bertz CT molecular complexity index is 408. The second kappa shape index (κ2) is 5.26. The zero-order chi connectivity index (χ0) is 12.1. The highest BCUT2D eigenvalue weighted by molar-refractivity contribution is 5.65. The number of methoxy groups -OCH3 is 2. The molecule has 0 saturated carbocycles. The molecule has 4 nitrogen and oxygen atoms in total. The van der Waals surface area contributed by atoms with Crippen molar-refractivity contribution < 1.29 is 9.47 Å². The lowest BCUT2D eigenvalue weighted by molar-refractivity contribution is 0.355. The van der Waals surface area contributed by atoms with E-state index in [-0.39, 0.29) is 6.04 Å². The molecule has 1 aromatic carbocycles. The number of nitriles is 1. The monoisotopic (exact) mass is 220 g/mol. The van der Waals surface area contributed by atoms with E-state index >= 15 is 0 Å². The van der Waals surface area contributed by atoms with Gasteiger partial charge in [-0.3, -0.25) is 0 Å². The van der Waals surface area contributed by atoms with Crippen molar-refractivity contribution in [2.24, 2.45) is 0 Å². The maximum atomic E-state index is 9.03. The van der Waals surface area contributed by atoms with E-state index in [0.717, 1.165) is 5.69 Å². The molecular weight excluding hydrogens is 204 g/mol. The fourth-order valence-corrected chi connectivity index (χ4v) is 1.40. The summed E-state index contributed by atoms with van der Waals surface area (Å²) in [5.41, 5.74) is 1.31. The van der Waals surface area contributed by atoms with Gasteiger partial charge in [0.1, 0.15) is 6.07 Å². The van der Waals surface area contributed by atoms with Gasteiger partial charge in [0.25, 0.3) is 0 Å². The summed E-state index contributed by atoms with van der Waals surface area (Å²) >= 11 is 0.